The first-order valence-electron chi connectivity index (χ1n) is 8.04. The van der Waals surface area contributed by atoms with Crippen molar-refractivity contribution in [2.75, 3.05) is 15.9 Å². The molecular weight excluding hydrogens is 336 g/mol. The maximum absolute atomic E-state index is 12.7. The molecule has 0 bridgehead atoms. The molecule has 1 unspecified atom stereocenters. The maximum Gasteiger partial charge on any atom is 0.248 e. The maximum atomic E-state index is 12.7. The van der Waals surface area contributed by atoms with Crippen LogP contribution in [0.2, 0.25) is 0 Å². The van der Waals surface area contributed by atoms with Gasteiger partial charge in [0.05, 0.1) is 11.9 Å². The van der Waals surface area contributed by atoms with Crippen molar-refractivity contribution in [2.45, 2.75) is 33.7 Å². The van der Waals surface area contributed by atoms with E-state index in [2.05, 4.69) is 5.32 Å². The lowest BCUT2D eigenvalue weighted by Gasteiger charge is -2.28. The molecule has 0 heterocycles. The highest BCUT2D eigenvalue weighted by Crippen LogP contribution is 2.24. The zero-order chi connectivity index (χ0) is 18.8. The number of anilines is 2. The number of carbonyl (C=O) groups excluding carboxylic acids is 1. The van der Waals surface area contributed by atoms with Crippen molar-refractivity contribution in [3.8, 4) is 0 Å². The van der Waals surface area contributed by atoms with E-state index < -0.39 is 16.1 Å². The van der Waals surface area contributed by atoms with Crippen LogP contribution in [0.4, 0.5) is 11.4 Å². The van der Waals surface area contributed by atoms with Crippen LogP contribution in [-0.2, 0) is 14.8 Å². The van der Waals surface area contributed by atoms with Crippen molar-refractivity contribution in [1.29, 1.82) is 0 Å². The molecule has 0 saturated carbocycles. The van der Waals surface area contributed by atoms with Gasteiger partial charge in [0.2, 0.25) is 15.9 Å². The molecule has 2 rings (SSSR count). The second kappa shape index (κ2) is 7.27. The molecule has 0 aliphatic heterocycles. The van der Waals surface area contributed by atoms with Gasteiger partial charge in [-0.05, 0) is 56.5 Å². The summed E-state index contributed by atoms with van der Waals surface area (Å²) in [6, 6.07) is 11.9. The van der Waals surface area contributed by atoms with E-state index in [0.717, 1.165) is 32.9 Å². The third kappa shape index (κ3) is 4.39. The second-order valence-electron chi connectivity index (χ2n) is 6.33. The minimum Gasteiger partial charge on any atom is -0.324 e. The van der Waals surface area contributed by atoms with E-state index in [4.69, 9.17) is 0 Å². The van der Waals surface area contributed by atoms with Gasteiger partial charge in [-0.3, -0.25) is 9.10 Å². The Kier molecular flexibility index (Phi) is 5.52. The Morgan fingerprint density at radius 2 is 1.60 bits per heavy atom. The zero-order valence-corrected chi connectivity index (χ0v) is 16.0. The van der Waals surface area contributed by atoms with Crippen molar-refractivity contribution in [2.24, 2.45) is 0 Å². The van der Waals surface area contributed by atoms with Crippen molar-refractivity contribution in [3.63, 3.8) is 0 Å². The quantitative estimate of drug-likeness (QED) is 0.888. The number of benzene rings is 2. The number of nitrogens with zero attached hydrogens (tertiary/aromatic N) is 1. The fraction of sp³-hybridized carbons (Fsp3) is 0.316. The van der Waals surface area contributed by atoms with Crippen molar-refractivity contribution in [1.82, 2.24) is 0 Å². The van der Waals surface area contributed by atoms with Gasteiger partial charge in [-0.25, -0.2) is 8.42 Å². The molecule has 0 spiro atoms. The molecule has 1 amide bonds. The average molecular weight is 360 g/mol. The summed E-state index contributed by atoms with van der Waals surface area (Å²) in [6.07, 6.45) is 1.11. The van der Waals surface area contributed by atoms with Gasteiger partial charge in [0.25, 0.3) is 0 Å². The molecule has 0 aliphatic carbocycles. The van der Waals surface area contributed by atoms with Crippen LogP contribution >= 0.6 is 0 Å². The summed E-state index contributed by atoms with van der Waals surface area (Å²) in [6.45, 7) is 7.28. The first kappa shape index (κ1) is 19.0. The number of aryl methyl sites for hydroxylation is 3. The Labute approximate surface area is 149 Å². The van der Waals surface area contributed by atoms with E-state index in [1.165, 1.54) is 0 Å². The highest BCUT2D eigenvalue weighted by molar-refractivity contribution is 7.92. The van der Waals surface area contributed by atoms with Gasteiger partial charge in [-0.2, -0.15) is 0 Å². The molecule has 2 aromatic rings. The number of sulfonamides is 1. The Bertz CT molecular complexity index is 871. The fourth-order valence-electron chi connectivity index (χ4n) is 2.81. The van der Waals surface area contributed by atoms with Crippen molar-refractivity contribution in [3.05, 3.63) is 59.2 Å². The number of carbonyl (C=O) groups is 1. The van der Waals surface area contributed by atoms with Gasteiger partial charge in [0.15, 0.2) is 0 Å². The van der Waals surface area contributed by atoms with E-state index >= 15 is 0 Å². The van der Waals surface area contributed by atoms with Crippen LogP contribution in [0.3, 0.4) is 0 Å². The highest BCUT2D eigenvalue weighted by atomic mass is 32.2. The van der Waals surface area contributed by atoms with Crippen molar-refractivity contribution >= 4 is 27.3 Å². The normalized spacial score (nSPS) is 12.5. The molecule has 0 aliphatic rings. The molecule has 1 N–H and O–H groups in total. The molecule has 134 valence electrons. The van der Waals surface area contributed by atoms with E-state index in [1.54, 1.807) is 25.1 Å². The van der Waals surface area contributed by atoms with Gasteiger partial charge < -0.3 is 5.32 Å². The molecular formula is C19H24N2O3S. The van der Waals surface area contributed by atoms with Crippen LogP contribution in [0.5, 0.6) is 0 Å². The van der Waals surface area contributed by atoms with Gasteiger partial charge in [0.1, 0.15) is 6.04 Å². The largest absolute Gasteiger partial charge is 0.324 e. The summed E-state index contributed by atoms with van der Waals surface area (Å²) in [5.41, 5.74) is 3.99. The first-order chi connectivity index (χ1) is 11.6. The molecule has 5 nitrogen and oxygen atoms in total. The van der Waals surface area contributed by atoms with Crippen LogP contribution in [0.25, 0.3) is 0 Å². The molecule has 0 radical (unpaired) electrons. The lowest BCUT2D eigenvalue weighted by molar-refractivity contribution is -0.116. The standard InChI is InChI=1S/C19H24N2O3S/c1-13-8-6-11-17(12-13)21(25(5,23)24)16(4)19(22)20-18-14(2)9-7-10-15(18)3/h6-12,16H,1-5H3,(H,20,22). The van der Waals surface area contributed by atoms with Crippen LogP contribution < -0.4 is 9.62 Å². The van der Waals surface area contributed by atoms with E-state index in [-0.39, 0.29) is 5.91 Å². The monoisotopic (exact) mass is 360 g/mol. The lowest BCUT2D eigenvalue weighted by Crippen LogP contribution is -2.45. The summed E-state index contributed by atoms with van der Waals surface area (Å²) >= 11 is 0. The van der Waals surface area contributed by atoms with Gasteiger partial charge in [-0.1, -0.05) is 30.3 Å². The smallest absolute Gasteiger partial charge is 0.248 e. The summed E-state index contributed by atoms with van der Waals surface area (Å²) in [4.78, 5) is 12.7. The lowest BCUT2D eigenvalue weighted by atomic mass is 10.1. The second-order valence-corrected chi connectivity index (χ2v) is 8.19. The number of para-hydroxylation sites is 1. The van der Waals surface area contributed by atoms with Crippen LogP contribution in [0, 0.1) is 20.8 Å². The molecule has 0 fully saturated rings. The molecule has 2 aromatic carbocycles. The topological polar surface area (TPSA) is 66.5 Å². The predicted molar refractivity (Wildman–Crippen MR) is 103 cm³/mol. The Morgan fingerprint density at radius 3 is 2.12 bits per heavy atom. The minimum atomic E-state index is -3.62. The van der Waals surface area contributed by atoms with Gasteiger partial charge >= 0.3 is 0 Å². The molecule has 0 aromatic heterocycles. The summed E-state index contributed by atoms with van der Waals surface area (Å²) in [5.74, 6) is -0.371. The van der Waals surface area contributed by atoms with Crippen LogP contribution in [0.15, 0.2) is 42.5 Å². The average Bonchev–Trinajstić information content (AvgIpc) is 2.49. The zero-order valence-electron chi connectivity index (χ0n) is 15.2. The van der Waals surface area contributed by atoms with Gasteiger partial charge in [-0.15, -0.1) is 0 Å². The summed E-state index contributed by atoms with van der Waals surface area (Å²) < 4.78 is 25.8. The number of hydrogen-bond donors (Lipinski definition) is 1. The Hall–Kier alpha value is -2.34. The molecule has 6 heteroatoms. The number of nitrogens with one attached hydrogen (secondary N) is 1. The molecule has 0 saturated heterocycles. The third-order valence-electron chi connectivity index (χ3n) is 4.07. The minimum absolute atomic E-state index is 0.371. The molecule has 25 heavy (non-hydrogen) atoms. The summed E-state index contributed by atoms with van der Waals surface area (Å²) in [5, 5.41) is 2.87. The first-order valence-corrected chi connectivity index (χ1v) is 9.89. The van der Waals surface area contributed by atoms with Crippen LogP contribution in [-0.4, -0.2) is 26.6 Å². The Balaban J connectivity index is 2.37. The van der Waals surface area contributed by atoms with E-state index in [0.29, 0.717) is 5.69 Å². The fourth-order valence-corrected chi connectivity index (χ4v) is 3.98. The highest BCUT2D eigenvalue weighted by Gasteiger charge is 2.29. The Morgan fingerprint density at radius 1 is 1.04 bits per heavy atom. The summed E-state index contributed by atoms with van der Waals surface area (Å²) in [7, 11) is -3.62. The number of hydrogen-bond acceptors (Lipinski definition) is 3. The van der Waals surface area contributed by atoms with Crippen molar-refractivity contribution < 1.29 is 13.2 Å². The predicted octanol–water partition coefficient (Wildman–Crippen LogP) is 3.41. The number of amides is 1. The van der Waals surface area contributed by atoms with E-state index in [1.807, 2.05) is 45.0 Å². The van der Waals surface area contributed by atoms with Crippen LogP contribution in [0.1, 0.15) is 23.6 Å². The van der Waals surface area contributed by atoms with E-state index in [9.17, 15) is 13.2 Å². The number of rotatable bonds is 5. The van der Waals surface area contributed by atoms with Gasteiger partial charge in [0, 0.05) is 5.69 Å². The molecule has 1 atom stereocenters. The third-order valence-corrected chi connectivity index (χ3v) is 5.32. The SMILES string of the molecule is Cc1cccc(N(C(C)C(=O)Nc2c(C)cccc2C)S(C)(=O)=O)c1.